The average molecular weight is 276 g/mol. The molecule has 1 aliphatic rings. The number of nitrogens with two attached hydrogens (primary N) is 1. The summed E-state index contributed by atoms with van der Waals surface area (Å²) >= 11 is 0. The van der Waals surface area contributed by atoms with E-state index in [0.29, 0.717) is 25.6 Å². The highest BCUT2D eigenvalue weighted by atomic mass is 16.5. The third-order valence-electron chi connectivity index (χ3n) is 3.61. The Labute approximate surface area is 120 Å². The minimum Gasteiger partial charge on any atom is -0.399 e. The van der Waals surface area contributed by atoms with Crippen LogP contribution in [0.25, 0.3) is 0 Å². The van der Waals surface area contributed by atoms with Crippen LogP contribution in [0.5, 0.6) is 0 Å². The van der Waals surface area contributed by atoms with Crippen LogP contribution in [0.1, 0.15) is 31.7 Å². The monoisotopic (exact) mass is 276 g/mol. The van der Waals surface area contributed by atoms with Gasteiger partial charge in [0.15, 0.2) is 0 Å². The van der Waals surface area contributed by atoms with Crippen LogP contribution < -0.4 is 5.73 Å². The molecule has 0 saturated heterocycles. The summed E-state index contributed by atoms with van der Waals surface area (Å²) < 4.78 is 5.11. The first-order valence-electron chi connectivity index (χ1n) is 7.23. The first kappa shape index (κ1) is 14.9. The second-order valence-corrected chi connectivity index (χ2v) is 5.76. The maximum absolute atomic E-state index is 12.4. The number of ether oxygens (including phenoxy) is 1. The summed E-state index contributed by atoms with van der Waals surface area (Å²) in [5, 5.41) is 0. The van der Waals surface area contributed by atoms with Crippen LogP contribution in [0, 0.1) is 5.92 Å². The average Bonchev–Trinajstić information content (AvgIpc) is 3.22. The second-order valence-electron chi connectivity index (χ2n) is 5.76. The van der Waals surface area contributed by atoms with Crippen molar-refractivity contribution in [1.29, 1.82) is 0 Å². The van der Waals surface area contributed by atoms with Gasteiger partial charge in [-0.3, -0.25) is 4.79 Å². The molecule has 0 heterocycles. The number of hydrogen-bond acceptors (Lipinski definition) is 3. The molecule has 1 aliphatic carbocycles. The van der Waals surface area contributed by atoms with Crippen LogP contribution in [-0.4, -0.2) is 30.6 Å². The number of carbonyl (C=O) groups excluding carboxylic acids is 1. The number of methoxy groups -OCH3 is 1. The van der Waals surface area contributed by atoms with E-state index in [1.165, 1.54) is 0 Å². The Bertz CT molecular complexity index is 440. The minimum absolute atomic E-state index is 0.230. The van der Waals surface area contributed by atoms with Crippen molar-refractivity contribution < 1.29 is 9.53 Å². The molecule has 2 N–H and O–H groups in total. The molecule has 1 amide bonds. The molecule has 1 aromatic rings. The normalized spacial score (nSPS) is 15.9. The highest BCUT2D eigenvalue weighted by molar-refractivity contribution is 5.77. The first-order valence-corrected chi connectivity index (χ1v) is 7.23. The lowest BCUT2D eigenvalue weighted by atomic mass is 10.1. The highest BCUT2D eigenvalue weighted by Crippen LogP contribution is 2.29. The van der Waals surface area contributed by atoms with Crippen molar-refractivity contribution in [3.63, 3.8) is 0 Å². The molecule has 20 heavy (non-hydrogen) atoms. The summed E-state index contributed by atoms with van der Waals surface area (Å²) in [6, 6.07) is 8.19. The van der Waals surface area contributed by atoms with Crippen molar-refractivity contribution in [3.05, 3.63) is 29.8 Å². The zero-order chi connectivity index (χ0) is 14.5. The Kier molecular flexibility index (Phi) is 5.01. The molecular weight excluding hydrogens is 252 g/mol. The molecule has 1 unspecified atom stereocenters. The van der Waals surface area contributed by atoms with E-state index in [1.807, 2.05) is 29.2 Å². The van der Waals surface area contributed by atoms with Gasteiger partial charge < -0.3 is 15.4 Å². The van der Waals surface area contributed by atoms with Crippen LogP contribution in [0.2, 0.25) is 0 Å². The van der Waals surface area contributed by atoms with Crippen LogP contribution in [0.3, 0.4) is 0 Å². The van der Waals surface area contributed by atoms with Gasteiger partial charge in [0.05, 0.1) is 0 Å². The number of rotatable bonds is 7. The summed E-state index contributed by atoms with van der Waals surface area (Å²) in [5.74, 6) is 0.494. The van der Waals surface area contributed by atoms with Crippen molar-refractivity contribution in [2.24, 2.45) is 5.92 Å². The van der Waals surface area contributed by atoms with E-state index in [9.17, 15) is 4.79 Å². The molecule has 0 bridgehead atoms. The van der Waals surface area contributed by atoms with E-state index < -0.39 is 0 Å². The number of anilines is 1. The first-order chi connectivity index (χ1) is 9.60. The highest BCUT2D eigenvalue weighted by Gasteiger charge is 2.32. The Hall–Kier alpha value is -1.55. The van der Waals surface area contributed by atoms with Crippen LogP contribution >= 0.6 is 0 Å². The number of amides is 1. The molecular formula is C16H24N2O2. The van der Waals surface area contributed by atoms with Crippen molar-refractivity contribution in [1.82, 2.24) is 4.90 Å². The van der Waals surface area contributed by atoms with Gasteiger partial charge in [0.1, 0.15) is 0 Å². The fourth-order valence-electron chi connectivity index (χ4n) is 2.39. The van der Waals surface area contributed by atoms with Crippen LogP contribution in [-0.2, 0) is 16.1 Å². The zero-order valence-electron chi connectivity index (χ0n) is 12.3. The standard InChI is InChI=1S/C16H24N2O2/c1-12(11-20-2)9-16(19)18(15-7-8-15)10-13-3-5-14(17)6-4-13/h3-6,12,15H,7-11,17H2,1-2H3. The van der Waals surface area contributed by atoms with Crippen molar-refractivity contribution in [2.45, 2.75) is 38.8 Å². The van der Waals surface area contributed by atoms with E-state index in [2.05, 4.69) is 6.92 Å². The lowest BCUT2D eigenvalue weighted by Gasteiger charge is -2.24. The van der Waals surface area contributed by atoms with Gasteiger partial charge in [-0.05, 0) is 36.5 Å². The molecule has 0 radical (unpaired) electrons. The Morgan fingerprint density at radius 1 is 1.40 bits per heavy atom. The van der Waals surface area contributed by atoms with E-state index in [0.717, 1.165) is 24.1 Å². The minimum atomic E-state index is 0.230. The molecule has 1 saturated carbocycles. The molecule has 4 nitrogen and oxygen atoms in total. The lowest BCUT2D eigenvalue weighted by Crippen LogP contribution is -2.34. The molecule has 110 valence electrons. The maximum atomic E-state index is 12.4. The molecule has 1 atom stereocenters. The number of benzene rings is 1. The molecule has 2 rings (SSSR count). The SMILES string of the molecule is COCC(C)CC(=O)N(Cc1ccc(N)cc1)C1CC1. The third kappa shape index (κ3) is 4.23. The molecule has 1 aromatic carbocycles. The Morgan fingerprint density at radius 2 is 2.05 bits per heavy atom. The largest absolute Gasteiger partial charge is 0.399 e. The molecule has 4 heteroatoms. The van der Waals surface area contributed by atoms with Gasteiger partial charge in [-0.15, -0.1) is 0 Å². The fraction of sp³-hybridized carbons (Fsp3) is 0.562. The van der Waals surface area contributed by atoms with Gasteiger partial charge >= 0.3 is 0 Å². The fourth-order valence-corrected chi connectivity index (χ4v) is 2.39. The van der Waals surface area contributed by atoms with Crippen molar-refractivity contribution >= 4 is 11.6 Å². The Balaban J connectivity index is 1.96. The lowest BCUT2D eigenvalue weighted by molar-refractivity contribution is -0.133. The zero-order valence-corrected chi connectivity index (χ0v) is 12.3. The summed E-state index contributed by atoms with van der Waals surface area (Å²) in [6.07, 6.45) is 2.80. The van der Waals surface area contributed by atoms with Gasteiger partial charge in [0.25, 0.3) is 0 Å². The summed E-state index contributed by atoms with van der Waals surface area (Å²) in [6.45, 7) is 3.37. The smallest absolute Gasteiger partial charge is 0.223 e. The Morgan fingerprint density at radius 3 is 2.60 bits per heavy atom. The quantitative estimate of drug-likeness (QED) is 0.778. The van der Waals surface area contributed by atoms with Gasteiger partial charge in [0.2, 0.25) is 5.91 Å². The van der Waals surface area contributed by atoms with E-state index >= 15 is 0 Å². The predicted molar refractivity (Wildman–Crippen MR) is 80.1 cm³/mol. The van der Waals surface area contributed by atoms with E-state index in [1.54, 1.807) is 7.11 Å². The predicted octanol–water partition coefficient (Wildman–Crippen LogP) is 2.43. The van der Waals surface area contributed by atoms with Crippen LogP contribution in [0.15, 0.2) is 24.3 Å². The summed E-state index contributed by atoms with van der Waals surface area (Å²) in [4.78, 5) is 14.4. The van der Waals surface area contributed by atoms with Gasteiger partial charge in [-0.1, -0.05) is 19.1 Å². The summed E-state index contributed by atoms with van der Waals surface area (Å²) in [7, 11) is 1.67. The second kappa shape index (κ2) is 6.75. The number of hydrogen-bond donors (Lipinski definition) is 1. The number of nitrogens with zero attached hydrogens (tertiary/aromatic N) is 1. The molecule has 1 fully saturated rings. The number of carbonyl (C=O) groups is 1. The summed E-state index contributed by atoms with van der Waals surface area (Å²) in [5.41, 5.74) is 7.59. The van der Waals surface area contributed by atoms with Crippen molar-refractivity contribution in [3.8, 4) is 0 Å². The molecule has 0 aliphatic heterocycles. The van der Waals surface area contributed by atoms with Gasteiger partial charge in [-0.25, -0.2) is 0 Å². The number of nitrogen functional groups attached to an aromatic ring is 1. The van der Waals surface area contributed by atoms with Gasteiger partial charge in [-0.2, -0.15) is 0 Å². The van der Waals surface area contributed by atoms with Crippen LogP contribution in [0.4, 0.5) is 5.69 Å². The third-order valence-corrected chi connectivity index (χ3v) is 3.61. The van der Waals surface area contributed by atoms with E-state index in [4.69, 9.17) is 10.5 Å². The van der Waals surface area contributed by atoms with E-state index in [-0.39, 0.29) is 11.8 Å². The molecule has 0 spiro atoms. The maximum Gasteiger partial charge on any atom is 0.223 e. The topological polar surface area (TPSA) is 55.6 Å². The van der Waals surface area contributed by atoms with Gasteiger partial charge in [0, 0.05) is 38.4 Å². The van der Waals surface area contributed by atoms with Crippen molar-refractivity contribution in [2.75, 3.05) is 19.5 Å². The molecule has 0 aromatic heterocycles.